The van der Waals surface area contributed by atoms with E-state index in [0.29, 0.717) is 18.5 Å². The topological polar surface area (TPSA) is 59.5 Å². The minimum absolute atomic E-state index is 0.0796. The third-order valence-electron chi connectivity index (χ3n) is 3.85. The van der Waals surface area contributed by atoms with Gasteiger partial charge in [-0.15, -0.1) is 0 Å². The van der Waals surface area contributed by atoms with Crippen LogP contribution in [0.1, 0.15) is 24.3 Å². The molecule has 0 saturated carbocycles. The third-order valence-corrected chi connectivity index (χ3v) is 3.85. The van der Waals surface area contributed by atoms with Crippen LogP contribution in [0.25, 0.3) is 0 Å². The van der Waals surface area contributed by atoms with E-state index in [2.05, 4.69) is 4.98 Å². The lowest BCUT2D eigenvalue weighted by Gasteiger charge is -2.30. The number of methoxy groups -OCH3 is 1. The van der Waals surface area contributed by atoms with Crippen molar-refractivity contribution in [2.75, 3.05) is 12.0 Å². The molecule has 1 aromatic heterocycles. The average Bonchev–Trinajstić information content (AvgIpc) is 2.55. The SMILES string of the molecule is COc1ccc(C2CC(=O)N(c3ccncc3)C(=O)C2)cc1. The Labute approximate surface area is 128 Å². The Bertz CT molecular complexity index is 665. The molecule has 0 aliphatic carbocycles. The molecule has 5 heteroatoms. The number of pyridine rings is 1. The molecule has 1 fully saturated rings. The Hall–Kier alpha value is -2.69. The lowest BCUT2D eigenvalue weighted by molar-refractivity contribution is -0.129. The van der Waals surface area contributed by atoms with Crippen molar-refractivity contribution >= 4 is 17.5 Å². The first kappa shape index (κ1) is 14.3. The zero-order valence-electron chi connectivity index (χ0n) is 12.2. The van der Waals surface area contributed by atoms with E-state index in [9.17, 15) is 9.59 Å². The van der Waals surface area contributed by atoms with Crippen LogP contribution in [0.5, 0.6) is 5.75 Å². The van der Waals surface area contributed by atoms with Gasteiger partial charge in [0.2, 0.25) is 11.8 Å². The molecule has 0 unspecified atom stereocenters. The molecule has 2 amide bonds. The van der Waals surface area contributed by atoms with Gasteiger partial charge in [-0.2, -0.15) is 0 Å². The molecular weight excluding hydrogens is 280 g/mol. The van der Waals surface area contributed by atoms with Crippen LogP contribution in [0.4, 0.5) is 5.69 Å². The molecule has 0 spiro atoms. The normalized spacial score (nSPS) is 16.0. The van der Waals surface area contributed by atoms with Crippen molar-refractivity contribution in [2.45, 2.75) is 18.8 Å². The van der Waals surface area contributed by atoms with Crippen molar-refractivity contribution in [3.63, 3.8) is 0 Å². The van der Waals surface area contributed by atoms with Gasteiger partial charge in [-0.25, -0.2) is 0 Å². The number of nitrogens with zero attached hydrogens (tertiary/aromatic N) is 2. The molecule has 22 heavy (non-hydrogen) atoms. The number of hydrogen-bond donors (Lipinski definition) is 0. The van der Waals surface area contributed by atoms with Gasteiger partial charge in [-0.3, -0.25) is 19.5 Å². The standard InChI is InChI=1S/C17H16N2O3/c1-22-15-4-2-12(3-5-15)13-10-16(20)19(17(21)11-13)14-6-8-18-9-7-14/h2-9,13H,10-11H2,1H3. The zero-order valence-corrected chi connectivity index (χ0v) is 12.2. The summed E-state index contributed by atoms with van der Waals surface area (Å²) in [6.07, 6.45) is 3.79. The molecule has 0 N–H and O–H groups in total. The summed E-state index contributed by atoms with van der Waals surface area (Å²) in [6.45, 7) is 0. The first-order valence-corrected chi connectivity index (χ1v) is 7.09. The van der Waals surface area contributed by atoms with E-state index >= 15 is 0 Å². The fraction of sp³-hybridized carbons (Fsp3) is 0.235. The summed E-state index contributed by atoms with van der Waals surface area (Å²) in [5, 5.41) is 0. The number of anilines is 1. The summed E-state index contributed by atoms with van der Waals surface area (Å²) in [5.74, 6) is 0.325. The predicted molar refractivity (Wildman–Crippen MR) is 81.7 cm³/mol. The van der Waals surface area contributed by atoms with Crippen molar-refractivity contribution in [3.05, 3.63) is 54.4 Å². The van der Waals surface area contributed by atoms with Crippen molar-refractivity contribution < 1.29 is 14.3 Å². The fourth-order valence-electron chi connectivity index (χ4n) is 2.71. The maximum atomic E-state index is 12.4. The number of benzene rings is 1. The first-order valence-electron chi connectivity index (χ1n) is 7.09. The van der Waals surface area contributed by atoms with E-state index in [1.54, 1.807) is 31.6 Å². The quantitative estimate of drug-likeness (QED) is 0.817. The number of aromatic nitrogens is 1. The Morgan fingerprint density at radius 3 is 2.14 bits per heavy atom. The molecule has 0 bridgehead atoms. The Morgan fingerprint density at radius 1 is 1.00 bits per heavy atom. The van der Waals surface area contributed by atoms with E-state index < -0.39 is 0 Å². The predicted octanol–water partition coefficient (Wildman–Crippen LogP) is 2.53. The number of hydrogen-bond acceptors (Lipinski definition) is 4. The molecule has 5 nitrogen and oxygen atoms in total. The first-order chi connectivity index (χ1) is 10.7. The summed E-state index contributed by atoms with van der Waals surface area (Å²) in [6, 6.07) is 10.9. The van der Waals surface area contributed by atoms with Crippen LogP contribution in [0.2, 0.25) is 0 Å². The lowest BCUT2D eigenvalue weighted by Crippen LogP contribution is -2.42. The minimum atomic E-state index is -0.178. The van der Waals surface area contributed by atoms with Gasteiger partial charge in [0.1, 0.15) is 5.75 Å². The lowest BCUT2D eigenvalue weighted by atomic mass is 9.88. The highest BCUT2D eigenvalue weighted by molar-refractivity contribution is 6.16. The number of piperidine rings is 1. The Balaban J connectivity index is 1.80. The van der Waals surface area contributed by atoms with Crippen LogP contribution in [-0.2, 0) is 9.59 Å². The van der Waals surface area contributed by atoms with E-state index in [4.69, 9.17) is 4.74 Å². The molecule has 1 aromatic carbocycles. The van der Waals surface area contributed by atoms with Gasteiger partial charge in [0, 0.05) is 31.2 Å². The van der Waals surface area contributed by atoms with E-state index in [0.717, 1.165) is 11.3 Å². The monoisotopic (exact) mass is 296 g/mol. The third kappa shape index (κ3) is 2.70. The van der Waals surface area contributed by atoms with Crippen LogP contribution in [0, 0.1) is 0 Å². The van der Waals surface area contributed by atoms with Crippen molar-refractivity contribution in [1.29, 1.82) is 0 Å². The minimum Gasteiger partial charge on any atom is -0.497 e. The van der Waals surface area contributed by atoms with Gasteiger partial charge in [0.05, 0.1) is 12.8 Å². The summed E-state index contributed by atoms with van der Waals surface area (Å²) in [4.78, 5) is 29.9. The molecule has 0 atom stereocenters. The second-order valence-electron chi connectivity index (χ2n) is 5.21. The van der Waals surface area contributed by atoms with E-state index in [1.165, 1.54) is 4.90 Å². The number of ether oxygens (including phenoxy) is 1. The highest BCUT2D eigenvalue weighted by atomic mass is 16.5. The molecule has 112 valence electrons. The van der Waals surface area contributed by atoms with Crippen LogP contribution in [0.15, 0.2) is 48.8 Å². The zero-order chi connectivity index (χ0) is 15.5. The maximum Gasteiger partial charge on any atom is 0.234 e. The van der Waals surface area contributed by atoms with E-state index in [1.807, 2.05) is 24.3 Å². The number of rotatable bonds is 3. The summed E-state index contributed by atoms with van der Waals surface area (Å²) in [5.41, 5.74) is 1.56. The van der Waals surface area contributed by atoms with Gasteiger partial charge in [-0.05, 0) is 29.8 Å². The number of carbonyl (C=O) groups is 2. The van der Waals surface area contributed by atoms with Gasteiger partial charge >= 0.3 is 0 Å². The van der Waals surface area contributed by atoms with Gasteiger partial charge < -0.3 is 4.74 Å². The highest BCUT2D eigenvalue weighted by Crippen LogP contribution is 2.32. The molecule has 1 saturated heterocycles. The second-order valence-corrected chi connectivity index (χ2v) is 5.21. The molecule has 2 heterocycles. The molecule has 3 rings (SSSR count). The largest absolute Gasteiger partial charge is 0.497 e. The van der Waals surface area contributed by atoms with Gasteiger partial charge in [0.15, 0.2) is 0 Å². The second kappa shape index (κ2) is 5.97. The van der Waals surface area contributed by atoms with Crippen LogP contribution >= 0.6 is 0 Å². The van der Waals surface area contributed by atoms with E-state index in [-0.39, 0.29) is 17.7 Å². The van der Waals surface area contributed by atoms with Gasteiger partial charge in [-0.1, -0.05) is 12.1 Å². The number of amides is 2. The van der Waals surface area contributed by atoms with Crippen LogP contribution in [0.3, 0.4) is 0 Å². The maximum absolute atomic E-state index is 12.4. The molecule has 2 aromatic rings. The number of carbonyl (C=O) groups excluding carboxylic acids is 2. The fourth-order valence-corrected chi connectivity index (χ4v) is 2.71. The number of imide groups is 1. The molecular formula is C17H16N2O3. The van der Waals surface area contributed by atoms with Crippen molar-refractivity contribution in [2.24, 2.45) is 0 Å². The Kier molecular flexibility index (Phi) is 3.87. The smallest absolute Gasteiger partial charge is 0.234 e. The van der Waals surface area contributed by atoms with Crippen LogP contribution < -0.4 is 9.64 Å². The molecule has 0 radical (unpaired) electrons. The summed E-state index contributed by atoms with van der Waals surface area (Å²) >= 11 is 0. The van der Waals surface area contributed by atoms with Crippen molar-refractivity contribution in [1.82, 2.24) is 4.98 Å². The Morgan fingerprint density at radius 2 is 1.59 bits per heavy atom. The van der Waals surface area contributed by atoms with Gasteiger partial charge in [0.25, 0.3) is 0 Å². The summed E-state index contributed by atoms with van der Waals surface area (Å²) < 4.78 is 5.13. The summed E-state index contributed by atoms with van der Waals surface area (Å²) in [7, 11) is 1.61. The molecule has 1 aliphatic heterocycles. The average molecular weight is 296 g/mol. The molecule has 1 aliphatic rings. The van der Waals surface area contributed by atoms with Crippen LogP contribution in [-0.4, -0.2) is 23.9 Å². The highest BCUT2D eigenvalue weighted by Gasteiger charge is 2.34. The van der Waals surface area contributed by atoms with Crippen molar-refractivity contribution in [3.8, 4) is 5.75 Å².